The topological polar surface area (TPSA) is 38.7 Å². The molecule has 1 aliphatic carbocycles. The molecule has 0 unspecified atom stereocenters. The van der Waals surface area contributed by atoms with Gasteiger partial charge in [-0.25, -0.2) is 15.0 Å². The van der Waals surface area contributed by atoms with Crippen molar-refractivity contribution in [1.82, 2.24) is 15.0 Å². The molecule has 3 heteroatoms. The second-order valence-electron chi connectivity index (χ2n) is 13.6. The largest absolute Gasteiger partial charge is 0.208 e. The quantitative estimate of drug-likeness (QED) is 0.176. The van der Waals surface area contributed by atoms with Gasteiger partial charge >= 0.3 is 0 Å². The lowest BCUT2D eigenvalue weighted by molar-refractivity contribution is 0.775. The molecular formula is C50H33N3. The van der Waals surface area contributed by atoms with Crippen LogP contribution in [0.4, 0.5) is 0 Å². The summed E-state index contributed by atoms with van der Waals surface area (Å²) in [5.74, 6) is 1.93. The summed E-state index contributed by atoms with van der Waals surface area (Å²) in [5, 5.41) is 2.35. The Kier molecular flexibility index (Phi) is 7.36. The number of aromatic nitrogens is 3. The average molecular weight is 676 g/mol. The van der Waals surface area contributed by atoms with Crippen molar-refractivity contribution in [3.8, 4) is 56.4 Å². The van der Waals surface area contributed by atoms with Crippen molar-refractivity contribution in [2.24, 2.45) is 0 Å². The van der Waals surface area contributed by atoms with Crippen LogP contribution in [0.3, 0.4) is 0 Å². The highest BCUT2D eigenvalue weighted by atomic mass is 15.0. The van der Waals surface area contributed by atoms with Crippen LogP contribution in [0.25, 0.3) is 67.2 Å². The maximum absolute atomic E-state index is 5.12. The minimum Gasteiger partial charge on any atom is -0.208 e. The fourth-order valence-corrected chi connectivity index (χ4v) is 8.21. The SMILES string of the molecule is c1ccc(-c2ccc(-c3nc(-c4ccccc4)nc(-c4ccc5c6c(ccc5c4)-c4ccccc4C6(c4ccccc4)c4ccccc4)n3)cc2)cc1. The molecule has 0 bridgehead atoms. The van der Waals surface area contributed by atoms with E-state index in [0.717, 1.165) is 27.6 Å². The summed E-state index contributed by atoms with van der Waals surface area (Å²) in [5.41, 5.74) is 12.3. The van der Waals surface area contributed by atoms with Gasteiger partial charge in [0.15, 0.2) is 17.5 Å². The lowest BCUT2D eigenvalue weighted by atomic mass is 9.66. The summed E-state index contributed by atoms with van der Waals surface area (Å²) < 4.78 is 0. The van der Waals surface area contributed by atoms with Crippen LogP contribution in [0.15, 0.2) is 200 Å². The first-order valence-corrected chi connectivity index (χ1v) is 18.0. The maximum atomic E-state index is 5.12. The van der Waals surface area contributed by atoms with Crippen molar-refractivity contribution in [1.29, 1.82) is 0 Å². The number of fused-ring (bicyclic) bond motifs is 5. The molecule has 0 aliphatic heterocycles. The lowest BCUT2D eigenvalue weighted by Crippen LogP contribution is -2.28. The minimum absolute atomic E-state index is 0.484. The molecule has 1 heterocycles. The first-order chi connectivity index (χ1) is 26.3. The Morgan fingerprint density at radius 2 is 0.774 bits per heavy atom. The van der Waals surface area contributed by atoms with Gasteiger partial charge in [0.1, 0.15) is 0 Å². The fraction of sp³-hybridized carbons (Fsp3) is 0.0200. The average Bonchev–Trinajstić information content (AvgIpc) is 3.56. The predicted octanol–water partition coefficient (Wildman–Crippen LogP) is 12.1. The summed E-state index contributed by atoms with van der Waals surface area (Å²) in [4.78, 5) is 15.2. The van der Waals surface area contributed by atoms with Crippen LogP contribution in [-0.4, -0.2) is 15.0 Å². The molecule has 9 aromatic rings. The van der Waals surface area contributed by atoms with Crippen molar-refractivity contribution in [2.45, 2.75) is 5.41 Å². The van der Waals surface area contributed by atoms with Gasteiger partial charge in [0.05, 0.1) is 5.41 Å². The molecule has 0 atom stereocenters. The van der Waals surface area contributed by atoms with Gasteiger partial charge in [-0.2, -0.15) is 0 Å². The Balaban J connectivity index is 1.16. The summed E-state index contributed by atoms with van der Waals surface area (Å²) in [6, 6.07) is 71.1. The minimum atomic E-state index is -0.484. The molecule has 0 fully saturated rings. The van der Waals surface area contributed by atoms with Crippen LogP contribution in [0, 0.1) is 0 Å². The Bertz CT molecular complexity index is 2700. The van der Waals surface area contributed by atoms with Gasteiger partial charge in [-0.3, -0.25) is 0 Å². The summed E-state index contributed by atoms with van der Waals surface area (Å²) in [7, 11) is 0. The normalized spacial score (nSPS) is 12.7. The number of rotatable bonds is 6. The molecule has 1 aliphatic rings. The van der Waals surface area contributed by atoms with Gasteiger partial charge < -0.3 is 0 Å². The van der Waals surface area contributed by atoms with Crippen LogP contribution in [0.2, 0.25) is 0 Å². The molecule has 8 aromatic carbocycles. The zero-order valence-electron chi connectivity index (χ0n) is 28.9. The highest BCUT2D eigenvalue weighted by Gasteiger charge is 2.46. The van der Waals surface area contributed by atoms with Crippen LogP contribution in [0.1, 0.15) is 22.3 Å². The van der Waals surface area contributed by atoms with Crippen LogP contribution >= 0.6 is 0 Å². The molecule has 53 heavy (non-hydrogen) atoms. The number of benzene rings is 8. The molecule has 3 nitrogen and oxygen atoms in total. The van der Waals surface area contributed by atoms with E-state index in [1.807, 2.05) is 24.3 Å². The molecule has 0 N–H and O–H groups in total. The first-order valence-electron chi connectivity index (χ1n) is 18.0. The molecule has 1 aromatic heterocycles. The van der Waals surface area contributed by atoms with E-state index in [9.17, 15) is 0 Å². The fourth-order valence-electron chi connectivity index (χ4n) is 8.21. The van der Waals surface area contributed by atoms with E-state index in [0.29, 0.717) is 17.5 Å². The second-order valence-corrected chi connectivity index (χ2v) is 13.6. The van der Waals surface area contributed by atoms with Gasteiger partial charge in [0.25, 0.3) is 0 Å². The third kappa shape index (κ3) is 5.09. The Morgan fingerprint density at radius 1 is 0.321 bits per heavy atom. The van der Waals surface area contributed by atoms with Gasteiger partial charge in [-0.15, -0.1) is 0 Å². The number of hydrogen-bond acceptors (Lipinski definition) is 3. The molecular weight excluding hydrogens is 643 g/mol. The molecule has 248 valence electrons. The van der Waals surface area contributed by atoms with Gasteiger partial charge in [0.2, 0.25) is 0 Å². The Morgan fingerprint density at radius 3 is 1.40 bits per heavy atom. The van der Waals surface area contributed by atoms with Crippen molar-refractivity contribution >= 4 is 10.8 Å². The van der Waals surface area contributed by atoms with E-state index in [2.05, 4.69) is 176 Å². The highest BCUT2D eigenvalue weighted by Crippen LogP contribution is 2.58. The zero-order chi connectivity index (χ0) is 35.2. The Labute approximate surface area is 309 Å². The van der Waals surface area contributed by atoms with E-state index in [1.54, 1.807) is 0 Å². The monoisotopic (exact) mass is 675 g/mol. The van der Waals surface area contributed by atoms with E-state index in [4.69, 9.17) is 15.0 Å². The van der Waals surface area contributed by atoms with Crippen molar-refractivity contribution in [3.05, 3.63) is 222 Å². The second kappa shape index (κ2) is 12.7. The van der Waals surface area contributed by atoms with E-state index in [-0.39, 0.29) is 0 Å². The molecule has 0 radical (unpaired) electrons. The van der Waals surface area contributed by atoms with Gasteiger partial charge in [-0.1, -0.05) is 194 Å². The van der Waals surface area contributed by atoms with Crippen molar-refractivity contribution in [3.63, 3.8) is 0 Å². The molecule has 0 spiro atoms. The van der Waals surface area contributed by atoms with Crippen LogP contribution in [0.5, 0.6) is 0 Å². The van der Waals surface area contributed by atoms with Crippen molar-refractivity contribution in [2.75, 3.05) is 0 Å². The van der Waals surface area contributed by atoms with Crippen LogP contribution in [-0.2, 0) is 5.41 Å². The lowest BCUT2D eigenvalue weighted by Gasteiger charge is -2.34. The first kappa shape index (κ1) is 30.8. The molecule has 10 rings (SSSR count). The maximum Gasteiger partial charge on any atom is 0.164 e. The Hall–Kier alpha value is -6.97. The van der Waals surface area contributed by atoms with E-state index >= 15 is 0 Å². The van der Waals surface area contributed by atoms with Crippen molar-refractivity contribution < 1.29 is 0 Å². The van der Waals surface area contributed by atoms with Gasteiger partial charge in [0, 0.05) is 16.7 Å². The summed E-state index contributed by atoms with van der Waals surface area (Å²) in [6.07, 6.45) is 0. The highest BCUT2D eigenvalue weighted by molar-refractivity contribution is 6.01. The summed E-state index contributed by atoms with van der Waals surface area (Å²) >= 11 is 0. The summed E-state index contributed by atoms with van der Waals surface area (Å²) in [6.45, 7) is 0. The van der Waals surface area contributed by atoms with Gasteiger partial charge in [-0.05, 0) is 61.3 Å². The van der Waals surface area contributed by atoms with E-state index in [1.165, 1.54) is 44.3 Å². The molecule has 0 amide bonds. The third-order valence-electron chi connectivity index (χ3n) is 10.6. The van der Waals surface area contributed by atoms with Crippen LogP contribution < -0.4 is 0 Å². The van der Waals surface area contributed by atoms with E-state index < -0.39 is 5.41 Å². The molecule has 0 saturated carbocycles. The zero-order valence-corrected chi connectivity index (χ0v) is 28.9. The number of nitrogens with zero attached hydrogens (tertiary/aromatic N) is 3. The third-order valence-corrected chi connectivity index (χ3v) is 10.6. The molecule has 0 saturated heterocycles. The predicted molar refractivity (Wildman–Crippen MR) is 216 cm³/mol. The standard InChI is InChI=1S/C50H33N3/c1-5-15-34(16-6-1)35-25-27-37(28-26-35)48-51-47(36-17-7-2-8-18-36)52-49(53-48)39-30-31-42-38(33-39)29-32-44-43-23-13-14-24-45(43)50(46(42)44,40-19-9-3-10-20-40)41-21-11-4-12-22-41/h1-33H. The smallest absolute Gasteiger partial charge is 0.164 e. The number of hydrogen-bond donors (Lipinski definition) is 0.